The summed E-state index contributed by atoms with van der Waals surface area (Å²) in [6, 6.07) is 11.7. The van der Waals surface area contributed by atoms with E-state index in [1.54, 1.807) is 41.3 Å². The summed E-state index contributed by atoms with van der Waals surface area (Å²) >= 11 is 6.02. The lowest BCUT2D eigenvalue weighted by Gasteiger charge is -2.25. The fourth-order valence-electron chi connectivity index (χ4n) is 3.92. The van der Waals surface area contributed by atoms with E-state index >= 15 is 0 Å². The highest BCUT2D eigenvalue weighted by Gasteiger charge is 2.45. The molecule has 2 aliphatic rings. The van der Waals surface area contributed by atoms with Crippen LogP contribution >= 0.6 is 11.6 Å². The van der Waals surface area contributed by atoms with Crippen LogP contribution in [0.25, 0.3) is 5.76 Å². The fourth-order valence-corrected chi connectivity index (χ4v) is 4.05. The molecule has 150 valence electrons. The van der Waals surface area contributed by atoms with Crippen LogP contribution in [-0.4, -0.2) is 34.8 Å². The quantitative estimate of drug-likeness (QED) is 0.447. The van der Waals surface area contributed by atoms with Crippen LogP contribution in [-0.2, 0) is 16.0 Å². The molecule has 1 unspecified atom stereocenters. The number of benzene rings is 2. The standard InChI is InChI=1S/C23H22ClNO4/c1-2-3-11-25-20(14-4-7-17(24)8-5-14)19(22(27)23(25)28)21(26)16-6-9-18-15(13-16)10-12-29-18/h4-9,13,20,26H,2-3,10-12H2,1H3/b21-19-. The maximum Gasteiger partial charge on any atom is 0.295 e. The van der Waals surface area contributed by atoms with Gasteiger partial charge in [0.05, 0.1) is 18.2 Å². The number of unbranched alkanes of at least 4 members (excludes halogenated alkanes) is 1. The average molecular weight is 412 g/mol. The molecule has 6 heteroatoms. The minimum absolute atomic E-state index is 0.118. The van der Waals surface area contributed by atoms with Crippen molar-refractivity contribution in [1.82, 2.24) is 4.90 Å². The average Bonchev–Trinajstić information content (AvgIpc) is 3.29. The van der Waals surface area contributed by atoms with E-state index in [9.17, 15) is 14.7 Å². The number of likely N-dealkylation sites (tertiary alicyclic amines) is 1. The molecular formula is C23H22ClNO4. The molecule has 0 saturated carbocycles. The predicted molar refractivity (Wildman–Crippen MR) is 111 cm³/mol. The zero-order valence-electron chi connectivity index (χ0n) is 16.2. The summed E-state index contributed by atoms with van der Waals surface area (Å²) in [7, 11) is 0. The van der Waals surface area contributed by atoms with Gasteiger partial charge in [-0.2, -0.15) is 0 Å². The number of nitrogens with zero attached hydrogens (tertiary/aromatic N) is 1. The molecule has 0 radical (unpaired) electrons. The van der Waals surface area contributed by atoms with Crippen molar-refractivity contribution in [3.63, 3.8) is 0 Å². The summed E-state index contributed by atoms with van der Waals surface area (Å²) in [6.45, 7) is 3.08. The number of carbonyl (C=O) groups excluding carboxylic acids is 2. The minimum Gasteiger partial charge on any atom is -0.507 e. The van der Waals surface area contributed by atoms with Gasteiger partial charge in [-0.1, -0.05) is 37.1 Å². The summed E-state index contributed by atoms with van der Waals surface area (Å²) in [5, 5.41) is 11.6. The van der Waals surface area contributed by atoms with Crippen LogP contribution in [0.1, 0.15) is 42.5 Å². The molecule has 5 nitrogen and oxygen atoms in total. The normalized spacial score (nSPS) is 20.1. The van der Waals surface area contributed by atoms with Crippen molar-refractivity contribution in [3.05, 3.63) is 69.8 Å². The molecule has 2 heterocycles. The fraction of sp³-hybridized carbons (Fsp3) is 0.304. The van der Waals surface area contributed by atoms with Gasteiger partial charge in [-0.15, -0.1) is 0 Å². The van der Waals surface area contributed by atoms with Gasteiger partial charge in [-0.05, 0) is 47.9 Å². The Morgan fingerprint density at radius 3 is 2.69 bits per heavy atom. The third-order valence-corrected chi connectivity index (χ3v) is 5.69. The second-order valence-corrected chi connectivity index (χ2v) is 7.75. The van der Waals surface area contributed by atoms with Crippen LogP contribution < -0.4 is 4.74 Å². The largest absolute Gasteiger partial charge is 0.507 e. The van der Waals surface area contributed by atoms with Crippen molar-refractivity contribution in [2.45, 2.75) is 32.2 Å². The van der Waals surface area contributed by atoms with Crippen LogP contribution in [0.5, 0.6) is 5.75 Å². The smallest absolute Gasteiger partial charge is 0.295 e. The van der Waals surface area contributed by atoms with E-state index in [1.807, 2.05) is 13.0 Å². The van der Waals surface area contributed by atoms with Crippen LogP contribution in [0.4, 0.5) is 0 Å². The number of halogens is 1. The lowest BCUT2D eigenvalue weighted by atomic mass is 9.94. The zero-order chi connectivity index (χ0) is 20.5. The maximum absolute atomic E-state index is 12.9. The Kier molecular flexibility index (Phi) is 5.33. The highest BCUT2D eigenvalue weighted by atomic mass is 35.5. The first kappa shape index (κ1) is 19.5. The third-order valence-electron chi connectivity index (χ3n) is 5.44. The Morgan fingerprint density at radius 2 is 1.97 bits per heavy atom. The molecule has 1 N–H and O–H groups in total. The number of amides is 1. The minimum atomic E-state index is -0.657. The molecule has 0 spiro atoms. The van der Waals surface area contributed by atoms with Crippen molar-refractivity contribution >= 4 is 29.1 Å². The van der Waals surface area contributed by atoms with Gasteiger partial charge in [0.1, 0.15) is 11.5 Å². The number of aliphatic hydroxyl groups is 1. The molecule has 0 bridgehead atoms. The van der Waals surface area contributed by atoms with E-state index in [-0.39, 0.29) is 11.3 Å². The highest BCUT2D eigenvalue weighted by molar-refractivity contribution is 6.46. The Bertz CT molecular complexity index is 996. The summed E-state index contributed by atoms with van der Waals surface area (Å²) in [4.78, 5) is 27.3. The first-order valence-corrected chi connectivity index (χ1v) is 10.2. The number of rotatable bonds is 5. The van der Waals surface area contributed by atoms with Crippen LogP contribution in [0.15, 0.2) is 48.0 Å². The molecule has 1 saturated heterocycles. The van der Waals surface area contributed by atoms with E-state index in [2.05, 4.69) is 0 Å². The molecule has 29 heavy (non-hydrogen) atoms. The van der Waals surface area contributed by atoms with Gasteiger partial charge in [0.25, 0.3) is 11.7 Å². The summed E-state index contributed by atoms with van der Waals surface area (Å²) < 4.78 is 5.52. The topological polar surface area (TPSA) is 66.8 Å². The molecule has 4 rings (SSSR count). The van der Waals surface area contributed by atoms with E-state index < -0.39 is 17.7 Å². The number of fused-ring (bicyclic) bond motifs is 1. The Morgan fingerprint density at radius 1 is 1.21 bits per heavy atom. The van der Waals surface area contributed by atoms with Crippen LogP contribution in [0.3, 0.4) is 0 Å². The Hall–Kier alpha value is -2.79. The molecule has 2 aliphatic heterocycles. The van der Waals surface area contributed by atoms with Crippen LogP contribution in [0.2, 0.25) is 5.02 Å². The lowest BCUT2D eigenvalue weighted by molar-refractivity contribution is -0.139. The number of ether oxygens (including phenoxy) is 1. The summed E-state index contributed by atoms with van der Waals surface area (Å²) in [5.74, 6) is -0.601. The monoisotopic (exact) mass is 411 g/mol. The number of hydrogen-bond donors (Lipinski definition) is 1. The van der Waals surface area contributed by atoms with Crippen molar-refractivity contribution in [2.75, 3.05) is 13.2 Å². The van der Waals surface area contributed by atoms with E-state index in [0.29, 0.717) is 23.7 Å². The Balaban J connectivity index is 1.83. The van der Waals surface area contributed by atoms with Gasteiger partial charge < -0.3 is 14.7 Å². The molecule has 1 amide bonds. The van der Waals surface area contributed by atoms with Crippen LogP contribution in [0, 0.1) is 0 Å². The maximum atomic E-state index is 12.9. The van der Waals surface area contributed by atoms with Crippen molar-refractivity contribution in [3.8, 4) is 5.75 Å². The second kappa shape index (κ2) is 7.91. The predicted octanol–water partition coefficient (Wildman–Crippen LogP) is 4.50. The SMILES string of the molecule is CCCCN1C(=O)C(=O)/C(=C(\O)c2ccc3c(c2)CCO3)C1c1ccc(Cl)cc1. The van der Waals surface area contributed by atoms with Gasteiger partial charge in [0, 0.05) is 23.6 Å². The zero-order valence-corrected chi connectivity index (χ0v) is 16.9. The molecule has 2 aromatic carbocycles. The van der Waals surface area contributed by atoms with Gasteiger partial charge >= 0.3 is 0 Å². The first-order chi connectivity index (χ1) is 14.0. The van der Waals surface area contributed by atoms with Crippen molar-refractivity contribution < 1.29 is 19.4 Å². The van der Waals surface area contributed by atoms with Gasteiger partial charge in [0.15, 0.2) is 0 Å². The van der Waals surface area contributed by atoms with Gasteiger partial charge in [-0.3, -0.25) is 9.59 Å². The van der Waals surface area contributed by atoms with E-state index in [1.165, 1.54) is 0 Å². The summed E-state index contributed by atoms with van der Waals surface area (Å²) in [6.07, 6.45) is 2.41. The summed E-state index contributed by atoms with van der Waals surface area (Å²) in [5.41, 5.74) is 2.36. The number of carbonyl (C=O) groups is 2. The number of ketones is 1. The molecule has 2 aromatic rings. The first-order valence-electron chi connectivity index (χ1n) is 9.81. The molecular weight excluding hydrogens is 390 g/mol. The Labute approximate surface area is 174 Å². The van der Waals surface area contributed by atoms with Crippen molar-refractivity contribution in [1.29, 1.82) is 0 Å². The van der Waals surface area contributed by atoms with Gasteiger partial charge in [-0.25, -0.2) is 0 Å². The number of hydrogen-bond acceptors (Lipinski definition) is 4. The van der Waals surface area contributed by atoms with E-state index in [4.69, 9.17) is 16.3 Å². The van der Waals surface area contributed by atoms with E-state index in [0.717, 1.165) is 36.1 Å². The molecule has 1 atom stereocenters. The van der Waals surface area contributed by atoms with Gasteiger partial charge in [0.2, 0.25) is 0 Å². The molecule has 0 aliphatic carbocycles. The molecule has 0 aromatic heterocycles. The second-order valence-electron chi connectivity index (χ2n) is 7.32. The number of aliphatic hydroxyl groups excluding tert-OH is 1. The molecule has 1 fully saturated rings. The number of Topliss-reactive ketones (excluding diaryl/α,β-unsaturated/α-hetero) is 1. The van der Waals surface area contributed by atoms with Crippen molar-refractivity contribution in [2.24, 2.45) is 0 Å². The third kappa shape index (κ3) is 3.51. The highest BCUT2D eigenvalue weighted by Crippen LogP contribution is 2.40. The lowest BCUT2D eigenvalue weighted by Crippen LogP contribution is -2.30.